The molecule has 1 aromatic heterocycles. The third-order valence-electron chi connectivity index (χ3n) is 2.74. The maximum absolute atomic E-state index is 11.6. The Bertz CT molecular complexity index is 736. The SMILES string of the molecule is O=C(NCc1ccncc1)C(=O)N/N=C/c1ccc(Cl)cc1Cl. The van der Waals surface area contributed by atoms with Gasteiger partial charge in [-0.25, -0.2) is 5.43 Å². The Morgan fingerprint density at radius 2 is 1.87 bits per heavy atom. The molecule has 0 radical (unpaired) electrons. The van der Waals surface area contributed by atoms with Gasteiger partial charge in [0.1, 0.15) is 0 Å². The zero-order valence-electron chi connectivity index (χ0n) is 11.8. The van der Waals surface area contributed by atoms with Crippen molar-refractivity contribution in [3.8, 4) is 0 Å². The number of nitrogens with one attached hydrogen (secondary N) is 2. The monoisotopic (exact) mass is 350 g/mol. The molecule has 0 spiro atoms. The lowest BCUT2D eigenvalue weighted by molar-refractivity contribution is -0.139. The van der Waals surface area contributed by atoms with E-state index in [-0.39, 0.29) is 6.54 Å². The first kappa shape index (κ1) is 16.9. The van der Waals surface area contributed by atoms with Crippen molar-refractivity contribution in [2.24, 2.45) is 5.10 Å². The average Bonchev–Trinajstić information content (AvgIpc) is 2.55. The van der Waals surface area contributed by atoms with Gasteiger partial charge in [-0.3, -0.25) is 14.6 Å². The average molecular weight is 351 g/mol. The van der Waals surface area contributed by atoms with Gasteiger partial charge in [-0.05, 0) is 29.8 Å². The molecule has 0 aliphatic carbocycles. The summed E-state index contributed by atoms with van der Waals surface area (Å²) in [5.74, 6) is -1.67. The molecule has 0 unspecified atom stereocenters. The maximum atomic E-state index is 11.6. The second kappa shape index (κ2) is 8.26. The number of aromatic nitrogens is 1. The molecule has 0 aliphatic heterocycles. The summed E-state index contributed by atoms with van der Waals surface area (Å²) in [6, 6.07) is 8.30. The fourth-order valence-corrected chi connectivity index (χ4v) is 2.04. The first-order chi connectivity index (χ1) is 11.1. The third-order valence-corrected chi connectivity index (χ3v) is 3.30. The Balaban J connectivity index is 1.84. The first-order valence-corrected chi connectivity index (χ1v) is 7.27. The van der Waals surface area contributed by atoms with E-state index >= 15 is 0 Å². The minimum absolute atomic E-state index is 0.224. The second-order valence-electron chi connectivity index (χ2n) is 4.40. The van der Waals surface area contributed by atoms with Crippen LogP contribution in [0, 0.1) is 0 Å². The van der Waals surface area contributed by atoms with Gasteiger partial charge in [-0.15, -0.1) is 0 Å². The summed E-state index contributed by atoms with van der Waals surface area (Å²) < 4.78 is 0. The first-order valence-electron chi connectivity index (χ1n) is 6.51. The molecule has 118 valence electrons. The zero-order chi connectivity index (χ0) is 16.7. The number of hydrazone groups is 1. The van der Waals surface area contributed by atoms with Gasteiger partial charge in [0.2, 0.25) is 0 Å². The van der Waals surface area contributed by atoms with Crippen molar-refractivity contribution in [1.82, 2.24) is 15.7 Å². The Morgan fingerprint density at radius 3 is 2.57 bits per heavy atom. The molecular weight excluding hydrogens is 339 g/mol. The van der Waals surface area contributed by atoms with Crippen molar-refractivity contribution in [3.63, 3.8) is 0 Å². The van der Waals surface area contributed by atoms with Gasteiger partial charge in [-0.1, -0.05) is 29.3 Å². The minimum atomic E-state index is -0.875. The van der Waals surface area contributed by atoms with Crippen LogP contribution in [0.1, 0.15) is 11.1 Å². The molecule has 2 aromatic rings. The fourth-order valence-electron chi connectivity index (χ4n) is 1.58. The molecule has 0 atom stereocenters. The molecule has 1 aromatic carbocycles. The predicted molar refractivity (Wildman–Crippen MR) is 88.3 cm³/mol. The summed E-state index contributed by atoms with van der Waals surface area (Å²) in [6.07, 6.45) is 4.52. The third kappa shape index (κ3) is 5.36. The number of nitrogens with zero attached hydrogens (tertiary/aromatic N) is 2. The molecule has 0 aliphatic rings. The Labute approximate surface area is 142 Å². The highest BCUT2D eigenvalue weighted by atomic mass is 35.5. The normalized spacial score (nSPS) is 10.5. The van der Waals surface area contributed by atoms with E-state index in [0.29, 0.717) is 15.6 Å². The predicted octanol–water partition coefficient (Wildman–Crippen LogP) is 2.15. The molecule has 0 bridgehead atoms. The fraction of sp³-hybridized carbons (Fsp3) is 0.0667. The van der Waals surface area contributed by atoms with E-state index in [1.165, 1.54) is 6.21 Å². The van der Waals surface area contributed by atoms with E-state index in [9.17, 15) is 9.59 Å². The molecular formula is C15H12Cl2N4O2. The Kier molecular flexibility index (Phi) is 6.08. The van der Waals surface area contributed by atoms with Gasteiger partial charge < -0.3 is 5.32 Å². The number of hydrogen-bond acceptors (Lipinski definition) is 4. The molecule has 0 saturated carbocycles. The highest BCUT2D eigenvalue weighted by Crippen LogP contribution is 2.19. The minimum Gasteiger partial charge on any atom is -0.344 e. The van der Waals surface area contributed by atoms with Crippen LogP contribution in [0.5, 0.6) is 0 Å². The van der Waals surface area contributed by atoms with Crippen LogP contribution in [-0.2, 0) is 16.1 Å². The number of carbonyl (C=O) groups excluding carboxylic acids is 2. The molecule has 6 nitrogen and oxygen atoms in total. The Hall–Kier alpha value is -2.44. The van der Waals surface area contributed by atoms with E-state index in [0.717, 1.165) is 5.56 Å². The summed E-state index contributed by atoms with van der Waals surface area (Å²) in [6.45, 7) is 0.224. The van der Waals surface area contributed by atoms with Crippen molar-refractivity contribution < 1.29 is 9.59 Å². The van der Waals surface area contributed by atoms with E-state index in [1.54, 1.807) is 42.7 Å². The van der Waals surface area contributed by atoms with Gasteiger partial charge >= 0.3 is 11.8 Å². The quantitative estimate of drug-likeness (QED) is 0.503. The van der Waals surface area contributed by atoms with E-state index < -0.39 is 11.8 Å². The highest BCUT2D eigenvalue weighted by molar-refractivity contribution is 6.36. The number of halogens is 2. The zero-order valence-corrected chi connectivity index (χ0v) is 13.3. The van der Waals surface area contributed by atoms with Crippen LogP contribution < -0.4 is 10.7 Å². The van der Waals surface area contributed by atoms with Crippen LogP contribution in [0.2, 0.25) is 10.0 Å². The van der Waals surface area contributed by atoms with E-state index in [4.69, 9.17) is 23.2 Å². The van der Waals surface area contributed by atoms with Crippen molar-refractivity contribution in [2.75, 3.05) is 0 Å². The molecule has 2 rings (SSSR count). The molecule has 0 fully saturated rings. The number of carbonyl (C=O) groups is 2. The molecule has 8 heteroatoms. The number of amides is 2. The maximum Gasteiger partial charge on any atom is 0.329 e. The summed E-state index contributed by atoms with van der Waals surface area (Å²) >= 11 is 11.7. The molecule has 2 amide bonds. The summed E-state index contributed by atoms with van der Waals surface area (Å²) in [7, 11) is 0. The number of benzene rings is 1. The standard InChI is InChI=1S/C15H12Cl2N4O2/c16-12-2-1-11(13(17)7-12)9-20-21-15(23)14(22)19-8-10-3-5-18-6-4-10/h1-7,9H,8H2,(H,19,22)(H,21,23)/b20-9+. The highest BCUT2D eigenvalue weighted by Gasteiger charge is 2.11. The Morgan fingerprint density at radius 1 is 1.13 bits per heavy atom. The smallest absolute Gasteiger partial charge is 0.329 e. The summed E-state index contributed by atoms with van der Waals surface area (Å²) in [5, 5.41) is 7.03. The topological polar surface area (TPSA) is 83.5 Å². The van der Waals surface area contributed by atoms with Crippen molar-refractivity contribution in [1.29, 1.82) is 0 Å². The summed E-state index contributed by atoms with van der Waals surface area (Å²) in [5.41, 5.74) is 3.52. The molecule has 23 heavy (non-hydrogen) atoms. The van der Waals surface area contributed by atoms with Crippen LogP contribution in [0.15, 0.2) is 47.8 Å². The van der Waals surface area contributed by atoms with E-state index in [2.05, 4.69) is 20.8 Å². The number of pyridine rings is 1. The lowest BCUT2D eigenvalue weighted by Crippen LogP contribution is -2.37. The number of hydrogen-bond donors (Lipinski definition) is 2. The van der Waals surface area contributed by atoms with Crippen molar-refractivity contribution >= 4 is 41.2 Å². The van der Waals surface area contributed by atoms with Crippen molar-refractivity contribution in [3.05, 3.63) is 63.9 Å². The van der Waals surface area contributed by atoms with Gasteiger partial charge in [0.05, 0.1) is 11.2 Å². The lowest BCUT2D eigenvalue weighted by Gasteiger charge is -2.03. The second-order valence-corrected chi connectivity index (χ2v) is 5.25. The van der Waals surface area contributed by atoms with Crippen LogP contribution in [0.4, 0.5) is 0 Å². The van der Waals surface area contributed by atoms with Crippen molar-refractivity contribution in [2.45, 2.75) is 6.54 Å². The van der Waals surface area contributed by atoms with E-state index in [1.807, 2.05) is 0 Å². The van der Waals surface area contributed by atoms with Crippen LogP contribution in [0.3, 0.4) is 0 Å². The van der Waals surface area contributed by atoms with Crippen LogP contribution >= 0.6 is 23.2 Å². The van der Waals surface area contributed by atoms with Gasteiger partial charge in [0.25, 0.3) is 0 Å². The van der Waals surface area contributed by atoms with Gasteiger partial charge in [-0.2, -0.15) is 5.10 Å². The summed E-state index contributed by atoms with van der Waals surface area (Å²) in [4.78, 5) is 27.1. The van der Waals surface area contributed by atoms with Crippen LogP contribution in [0.25, 0.3) is 0 Å². The molecule has 0 saturated heterocycles. The number of rotatable bonds is 4. The van der Waals surface area contributed by atoms with Gasteiger partial charge in [0.15, 0.2) is 0 Å². The lowest BCUT2D eigenvalue weighted by atomic mass is 10.2. The van der Waals surface area contributed by atoms with Crippen LogP contribution in [-0.4, -0.2) is 23.0 Å². The van der Waals surface area contributed by atoms with Gasteiger partial charge in [0, 0.05) is 29.5 Å². The molecule has 2 N–H and O–H groups in total. The largest absolute Gasteiger partial charge is 0.344 e. The molecule has 1 heterocycles.